The number of carbonyl (C=O) groups excluding carboxylic acids is 1. The first-order valence-electron chi connectivity index (χ1n) is 11.9. The molecule has 4 aromatic rings. The Morgan fingerprint density at radius 3 is 2.30 bits per heavy atom. The molecule has 0 bridgehead atoms. The molecule has 0 N–H and O–H groups in total. The van der Waals surface area contributed by atoms with Gasteiger partial charge in [-0.25, -0.2) is 9.50 Å². The second-order valence-electron chi connectivity index (χ2n) is 9.00. The number of rotatable bonds is 5. The van der Waals surface area contributed by atoms with Crippen LogP contribution in [-0.2, 0) is 12.7 Å². The highest BCUT2D eigenvalue weighted by molar-refractivity contribution is 6.01. The lowest BCUT2D eigenvalue weighted by Gasteiger charge is -2.34. The Labute approximate surface area is 212 Å². The van der Waals surface area contributed by atoms with E-state index < -0.39 is 11.9 Å². The Morgan fingerprint density at radius 2 is 1.68 bits per heavy atom. The van der Waals surface area contributed by atoms with Gasteiger partial charge in [0.25, 0.3) is 5.91 Å². The van der Waals surface area contributed by atoms with Gasteiger partial charge in [0.1, 0.15) is 11.3 Å². The van der Waals surface area contributed by atoms with Crippen molar-refractivity contribution in [2.75, 3.05) is 33.3 Å². The molecule has 1 fully saturated rings. The molecule has 7 nitrogen and oxygen atoms in total. The molecule has 0 saturated carbocycles. The number of amides is 1. The van der Waals surface area contributed by atoms with Gasteiger partial charge in [-0.15, -0.1) is 0 Å². The minimum absolute atomic E-state index is 0.0948. The summed E-state index contributed by atoms with van der Waals surface area (Å²) >= 11 is 0. The van der Waals surface area contributed by atoms with Crippen LogP contribution in [0.3, 0.4) is 0 Å². The van der Waals surface area contributed by atoms with Crippen molar-refractivity contribution in [1.82, 2.24) is 24.4 Å². The molecule has 37 heavy (non-hydrogen) atoms. The van der Waals surface area contributed by atoms with Gasteiger partial charge in [0.2, 0.25) is 0 Å². The van der Waals surface area contributed by atoms with Crippen molar-refractivity contribution < 1.29 is 22.7 Å². The lowest BCUT2D eigenvalue weighted by Crippen LogP contribution is -2.48. The lowest BCUT2D eigenvalue weighted by atomic mass is 10.1. The quantitative estimate of drug-likeness (QED) is 0.391. The number of methoxy groups -OCH3 is 1. The zero-order valence-electron chi connectivity index (χ0n) is 20.5. The van der Waals surface area contributed by atoms with E-state index in [9.17, 15) is 18.0 Å². The Hall–Kier alpha value is -3.92. The molecule has 0 aliphatic carbocycles. The highest BCUT2D eigenvalue weighted by Crippen LogP contribution is 2.34. The van der Waals surface area contributed by atoms with Gasteiger partial charge in [-0.1, -0.05) is 30.3 Å². The molecule has 3 heterocycles. The molecule has 2 aromatic carbocycles. The number of aryl methyl sites for hydroxylation is 1. The van der Waals surface area contributed by atoms with Crippen LogP contribution in [0, 0.1) is 6.92 Å². The minimum Gasteiger partial charge on any atom is -0.497 e. The summed E-state index contributed by atoms with van der Waals surface area (Å²) in [6.07, 6.45) is -4.69. The van der Waals surface area contributed by atoms with Crippen LogP contribution in [0.25, 0.3) is 16.9 Å². The van der Waals surface area contributed by atoms with Crippen LogP contribution >= 0.6 is 0 Å². The zero-order chi connectivity index (χ0) is 26.2. The fraction of sp³-hybridized carbons (Fsp3) is 0.296. The van der Waals surface area contributed by atoms with Crippen LogP contribution in [0.1, 0.15) is 27.3 Å². The second kappa shape index (κ2) is 9.85. The van der Waals surface area contributed by atoms with Crippen LogP contribution < -0.4 is 4.74 Å². The van der Waals surface area contributed by atoms with E-state index in [0.29, 0.717) is 37.5 Å². The monoisotopic (exact) mass is 509 g/mol. The average Bonchev–Trinajstić information content (AvgIpc) is 3.23. The number of hydrogen-bond donors (Lipinski definition) is 0. The Kier molecular flexibility index (Phi) is 6.59. The van der Waals surface area contributed by atoms with Gasteiger partial charge in [0.15, 0.2) is 11.3 Å². The molecule has 1 aliphatic rings. The number of carbonyl (C=O) groups is 1. The van der Waals surface area contributed by atoms with Crippen LogP contribution in [0.4, 0.5) is 13.2 Å². The molecule has 0 radical (unpaired) electrons. The topological polar surface area (TPSA) is 63.0 Å². The number of alkyl halides is 3. The summed E-state index contributed by atoms with van der Waals surface area (Å²) in [5.41, 5.74) is 0.979. The summed E-state index contributed by atoms with van der Waals surface area (Å²) < 4.78 is 48.0. The third-order valence-corrected chi connectivity index (χ3v) is 6.56. The van der Waals surface area contributed by atoms with E-state index in [1.54, 1.807) is 36.1 Å². The van der Waals surface area contributed by atoms with E-state index >= 15 is 0 Å². The summed E-state index contributed by atoms with van der Waals surface area (Å²) in [6.45, 7) is 4.58. The maximum Gasteiger partial charge on any atom is 0.433 e. The number of halogens is 3. The number of piperazine rings is 1. The molecule has 192 valence electrons. The predicted molar refractivity (Wildman–Crippen MR) is 132 cm³/mol. The predicted octanol–water partition coefficient (Wildman–Crippen LogP) is 4.69. The van der Waals surface area contributed by atoms with E-state index in [0.717, 1.165) is 17.1 Å². The SMILES string of the molecule is COc1ccc(-c2cc(C(F)(F)F)n3nc(C)c(C(=O)N4CCN(Cc5ccccc5)CC4)c3n2)cc1. The maximum absolute atomic E-state index is 14.0. The molecule has 0 spiro atoms. The molecule has 1 saturated heterocycles. The Morgan fingerprint density at radius 1 is 1.00 bits per heavy atom. The number of benzene rings is 2. The molecule has 0 unspecified atom stereocenters. The second-order valence-corrected chi connectivity index (χ2v) is 9.00. The molecule has 10 heteroatoms. The van der Waals surface area contributed by atoms with Crippen molar-refractivity contribution in [1.29, 1.82) is 0 Å². The lowest BCUT2D eigenvalue weighted by molar-refractivity contribution is -0.142. The van der Waals surface area contributed by atoms with E-state index in [1.807, 2.05) is 18.2 Å². The Balaban J connectivity index is 1.46. The summed E-state index contributed by atoms with van der Waals surface area (Å²) in [4.78, 5) is 22.0. The van der Waals surface area contributed by atoms with Crippen molar-refractivity contribution in [2.24, 2.45) is 0 Å². The molecular formula is C27H26F3N5O2. The van der Waals surface area contributed by atoms with Gasteiger partial charge in [0, 0.05) is 38.3 Å². The van der Waals surface area contributed by atoms with Crippen LogP contribution in [0.5, 0.6) is 5.75 Å². The Bertz CT molecular complexity index is 1410. The highest BCUT2D eigenvalue weighted by atomic mass is 19.4. The third-order valence-electron chi connectivity index (χ3n) is 6.56. The summed E-state index contributed by atoms with van der Waals surface area (Å²) in [5, 5.41) is 4.08. The van der Waals surface area contributed by atoms with Crippen molar-refractivity contribution in [3.63, 3.8) is 0 Å². The summed E-state index contributed by atoms with van der Waals surface area (Å²) in [6, 6.07) is 17.6. The van der Waals surface area contributed by atoms with Gasteiger partial charge in [-0.3, -0.25) is 9.69 Å². The van der Waals surface area contributed by atoms with E-state index in [2.05, 4.69) is 27.1 Å². The fourth-order valence-electron chi connectivity index (χ4n) is 4.59. The van der Waals surface area contributed by atoms with Gasteiger partial charge < -0.3 is 9.64 Å². The molecule has 1 amide bonds. The fourth-order valence-corrected chi connectivity index (χ4v) is 4.59. The molecule has 1 aliphatic heterocycles. The van der Waals surface area contributed by atoms with Gasteiger partial charge in [-0.2, -0.15) is 18.3 Å². The van der Waals surface area contributed by atoms with Crippen molar-refractivity contribution in [3.05, 3.63) is 83.2 Å². The normalized spacial score (nSPS) is 14.8. The third kappa shape index (κ3) is 5.01. The number of ether oxygens (including phenoxy) is 1. The first kappa shape index (κ1) is 24.8. The van der Waals surface area contributed by atoms with E-state index in [1.165, 1.54) is 12.7 Å². The first-order chi connectivity index (χ1) is 17.7. The van der Waals surface area contributed by atoms with Crippen LogP contribution in [0.2, 0.25) is 0 Å². The number of nitrogens with zero attached hydrogens (tertiary/aromatic N) is 5. The smallest absolute Gasteiger partial charge is 0.433 e. The largest absolute Gasteiger partial charge is 0.497 e. The van der Waals surface area contributed by atoms with Crippen LogP contribution in [-0.4, -0.2) is 63.6 Å². The highest BCUT2D eigenvalue weighted by Gasteiger charge is 2.37. The molecule has 2 aromatic heterocycles. The van der Waals surface area contributed by atoms with Crippen molar-refractivity contribution in [3.8, 4) is 17.0 Å². The number of fused-ring (bicyclic) bond motifs is 1. The standard InChI is InChI=1S/C27H26F3N5O2/c1-18-24(26(36)34-14-12-33(13-15-34)17-19-6-4-3-5-7-19)25-31-22(20-8-10-21(37-2)11-9-20)16-23(27(28,29)30)35(25)32-18/h3-11,16H,12-15,17H2,1-2H3. The molecule has 0 atom stereocenters. The van der Waals surface area contributed by atoms with E-state index in [4.69, 9.17) is 4.74 Å². The van der Waals surface area contributed by atoms with Crippen molar-refractivity contribution in [2.45, 2.75) is 19.6 Å². The average molecular weight is 510 g/mol. The molecule has 5 rings (SSSR count). The summed E-state index contributed by atoms with van der Waals surface area (Å²) in [7, 11) is 1.51. The van der Waals surface area contributed by atoms with Crippen molar-refractivity contribution >= 4 is 11.6 Å². The van der Waals surface area contributed by atoms with Gasteiger partial charge in [0.05, 0.1) is 18.5 Å². The van der Waals surface area contributed by atoms with Crippen LogP contribution in [0.15, 0.2) is 60.7 Å². The number of aromatic nitrogens is 3. The number of hydrogen-bond acceptors (Lipinski definition) is 5. The minimum atomic E-state index is -4.69. The summed E-state index contributed by atoms with van der Waals surface area (Å²) in [5.74, 6) is 0.211. The maximum atomic E-state index is 14.0. The van der Waals surface area contributed by atoms with Gasteiger partial charge >= 0.3 is 6.18 Å². The molecular weight excluding hydrogens is 483 g/mol. The van der Waals surface area contributed by atoms with E-state index in [-0.39, 0.29) is 28.5 Å². The zero-order valence-corrected chi connectivity index (χ0v) is 20.5. The first-order valence-corrected chi connectivity index (χ1v) is 11.9. The van der Waals surface area contributed by atoms with Gasteiger partial charge in [-0.05, 0) is 42.8 Å².